The molecule has 3 nitrogen and oxygen atoms in total. The third kappa shape index (κ3) is 2.26. The molecule has 16 heavy (non-hydrogen) atoms. The number of alkyl halides is 5. The zero-order valence-corrected chi connectivity index (χ0v) is 7.42. The van der Waals surface area contributed by atoms with Crippen molar-refractivity contribution in [2.75, 3.05) is 0 Å². The number of halogens is 5. The van der Waals surface area contributed by atoms with Crippen molar-refractivity contribution in [1.29, 1.82) is 0 Å². The highest BCUT2D eigenvalue weighted by atomic mass is 19.4. The number of aromatic hydroxyl groups is 1. The SMILES string of the molecule is O=Cc1cc(C(F)F)c(O)c(C(F)(F)F)n1. The van der Waals surface area contributed by atoms with Gasteiger partial charge in [0, 0.05) is 0 Å². The number of aromatic nitrogens is 1. The Morgan fingerprint density at radius 3 is 2.31 bits per heavy atom. The first kappa shape index (κ1) is 12.3. The maximum Gasteiger partial charge on any atom is 0.437 e. The zero-order valence-electron chi connectivity index (χ0n) is 7.42. The van der Waals surface area contributed by atoms with Gasteiger partial charge in [0.25, 0.3) is 6.43 Å². The lowest BCUT2D eigenvalue weighted by Crippen LogP contribution is -2.11. The van der Waals surface area contributed by atoms with Gasteiger partial charge in [-0.25, -0.2) is 13.8 Å². The number of carbonyl (C=O) groups excluding carboxylic acids is 1. The molecule has 1 aromatic rings. The van der Waals surface area contributed by atoms with Gasteiger partial charge in [0.05, 0.1) is 5.56 Å². The Morgan fingerprint density at radius 1 is 1.38 bits per heavy atom. The van der Waals surface area contributed by atoms with Gasteiger partial charge in [0.2, 0.25) is 0 Å². The van der Waals surface area contributed by atoms with Crippen molar-refractivity contribution < 1.29 is 31.9 Å². The summed E-state index contributed by atoms with van der Waals surface area (Å²) in [5.41, 5.74) is -3.99. The normalized spacial score (nSPS) is 11.9. The lowest BCUT2D eigenvalue weighted by Gasteiger charge is -2.11. The van der Waals surface area contributed by atoms with Crippen LogP contribution in [0, 0.1) is 0 Å². The molecule has 0 aromatic carbocycles. The van der Waals surface area contributed by atoms with E-state index < -0.39 is 35.3 Å². The molecule has 0 spiro atoms. The van der Waals surface area contributed by atoms with Crippen LogP contribution in [0.5, 0.6) is 5.75 Å². The van der Waals surface area contributed by atoms with E-state index in [1.54, 1.807) is 0 Å². The van der Waals surface area contributed by atoms with Gasteiger partial charge in [0.15, 0.2) is 17.7 Å². The smallest absolute Gasteiger partial charge is 0.437 e. The van der Waals surface area contributed by atoms with E-state index in [2.05, 4.69) is 4.98 Å². The first-order valence-electron chi connectivity index (χ1n) is 3.81. The molecule has 0 aliphatic rings. The molecule has 1 heterocycles. The van der Waals surface area contributed by atoms with Crippen molar-refractivity contribution in [2.24, 2.45) is 0 Å². The molecule has 0 atom stereocenters. The van der Waals surface area contributed by atoms with E-state index in [9.17, 15) is 26.7 Å². The highest BCUT2D eigenvalue weighted by Crippen LogP contribution is 2.39. The quantitative estimate of drug-likeness (QED) is 0.639. The maximum atomic E-state index is 12.2. The standard InChI is InChI=1S/C8H4F5NO2/c9-7(10)4-1-3(2-15)14-6(5(4)16)8(11,12)13/h1-2,7,16H. The fourth-order valence-corrected chi connectivity index (χ4v) is 1.00. The Kier molecular flexibility index (Phi) is 3.11. The Labute approximate surface area is 85.5 Å². The summed E-state index contributed by atoms with van der Waals surface area (Å²) in [6.07, 6.45) is -8.55. The van der Waals surface area contributed by atoms with Gasteiger partial charge in [0.1, 0.15) is 5.69 Å². The van der Waals surface area contributed by atoms with Gasteiger partial charge in [-0.2, -0.15) is 13.2 Å². The van der Waals surface area contributed by atoms with Crippen molar-refractivity contribution in [3.8, 4) is 5.75 Å². The number of aldehydes is 1. The minimum atomic E-state index is -5.10. The second-order valence-electron chi connectivity index (χ2n) is 2.75. The fraction of sp³-hybridized carbons (Fsp3) is 0.250. The number of nitrogens with zero attached hydrogens (tertiary/aromatic N) is 1. The molecule has 1 aromatic heterocycles. The second-order valence-corrected chi connectivity index (χ2v) is 2.75. The summed E-state index contributed by atoms with van der Waals surface area (Å²) < 4.78 is 61.2. The van der Waals surface area contributed by atoms with E-state index >= 15 is 0 Å². The van der Waals surface area contributed by atoms with Gasteiger partial charge in [-0.3, -0.25) is 4.79 Å². The molecule has 0 amide bonds. The van der Waals surface area contributed by atoms with Crippen LogP contribution in [0.3, 0.4) is 0 Å². The molecule has 88 valence electrons. The van der Waals surface area contributed by atoms with Crippen LogP contribution in [0.2, 0.25) is 0 Å². The number of rotatable bonds is 2. The molecule has 8 heteroatoms. The molecule has 1 rings (SSSR count). The van der Waals surface area contributed by atoms with Gasteiger partial charge in [-0.15, -0.1) is 0 Å². The van der Waals surface area contributed by atoms with E-state index in [1.165, 1.54) is 0 Å². The monoisotopic (exact) mass is 241 g/mol. The molecule has 0 aliphatic heterocycles. The van der Waals surface area contributed by atoms with E-state index in [0.717, 1.165) is 0 Å². The van der Waals surface area contributed by atoms with Gasteiger partial charge < -0.3 is 5.11 Å². The molecule has 0 fully saturated rings. The largest absolute Gasteiger partial charge is 0.505 e. The van der Waals surface area contributed by atoms with Crippen molar-refractivity contribution in [1.82, 2.24) is 4.98 Å². The third-order valence-corrected chi connectivity index (χ3v) is 1.67. The van der Waals surface area contributed by atoms with Crippen LogP contribution in [0.4, 0.5) is 22.0 Å². The number of hydrogen-bond acceptors (Lipinski definition) is 3. The van der Waals surface area contributed by atoms with E-state index in [0.29, 0.717) is 6.07 Å². The molecular formula is C8H4F5NO2. The first-order valence-corrected chi connectivity index (χ1v) is 3.81. The lowest BCUT2D eigenvalue weighted by molar-refractivity contribution is -0.142. The molecule has 0 aliphatic carbocycles. The van der Waals surface area contributed by atoms with Crippen molar-refractivity contribution in [3.05, 3.63) is 23.0 Å². The molecule has 0 saturated heterocycles. The Balaban J connectivity index is 3.49. The van der Waals surface area contributed by atoms with Crippen LogP contribution in [0.15, 0.2) is 6.07 Å². The first-order chi connectivity index (χ1) is 7.27. The topological polar surface area (TPSA) is 50.2 Å². The second kappa shape index (κ2) is 4.03. The predicted molar refractivity (Wildman–Crippen MR) is 41.2 cm³/mol. The summed E-state index contributed by atoms with van der Waals surface area (Å²) in [5, 5.41) is 8.94. The summed E-state index contributed by atoms with van der Waals surface area (Å²) >= 11 is 0. The Hall–Kier alpha value is -1.73. The van der Waals surface area contributed by atoms with Gasteiger partial charge in [-0.05, 0) is 6.07 Å². The van der Waals surface area contributed by atoms with E-state index in [-0.39, 0.29) is 6.29 Å². The minimum Gasteiger partial charge on any atom is -0.505 e. The predicted octanol–water partition coefficient (Wildman–Crippen LogP) is 2.56. The number of carbonyl (C=O) groups is 1. The van der Waals surface area contributed by atoms with Gasteiger partial charge >= 0.3 is 6.18 Å². The minimum absolute atomic E-state index is 0.111. The highest BCUT2D eigenvalue weighted by Gasteiger charge is 2.38. The van der Waals surface area contributed by atoms with Crippen LogP contribution in [0.1, 0.15) is 28.2 Å². The lowest BCUT2D eigenvalue weighted by atomic mass is 10.1. The summed E-state index contributed by atoms with van der Waals surface area (Å²) in [6, 6.07) is 0.405. The van der Waals surface area contributed by atoms with Crippen molar-refractivity contribution >= 4 is 6.29 Å². The molecule has 1 N–H and O–H groups in total. The fourth-order valence-electron chi connectivity index (χ4n) is 1.00. The van der Waals surface area contributed by atoms with Crippen LogP contribution in [0.25, 0.3) is 0 Å². The average molecular weight is 241 g/mol. The van der Waals surface area contributed by atoms with Crippen LogP contribution >= 0.6 is 0 Å². The van der Waals surface area contributed by atoms with Crippen LogP contribution in [-0.4, -0.2) is 16.4 Å². The van der Waals surface area contributed by atoms with Crippen molar-refractivity contribution in [3.63, 3.8) is 0 Å². The molecular weight excluding hydrogens is 237 g/mol. The third-order valence-electron chi connectivity index (χ3n) is 1.67. The molecule has 0 unspecified atom stereocenters. The van der Waals surface area contributed by atoms with Crippen LogP contribution in [-0.2, 0) is 6.18 Å². The summed E-state index contributed by atoms with van der Waals surface area (Å²) in [7, 11) is 0. The Morgan fingerprint density at radius 2 is 1.94 bits per heavy atom. The van der Waals surface area contributed by atoms with Crippen LogP contribution < -0.4 is 0 Å². The molecule has 0 bridgehead atoms. The maximum absolute atomic E-state index is 12.2. The van der Waals surface area contributed by atoms with E-state index in [1.807, 2.05) is 0 Å². The zero-order chi connectivity index (χ0) is 12.5. The van der Waals surface area contributed by atoms with Gasteiger partial charge in [-0.1, -0.05) is 0 Å². The number of pyridine rings is 1. The van der Waals surface area contributed by atoms with Crippen molar-refractivity contribution in [2.45, 2.75) is 12.6 Å². The summed E-state index contributed by atoms with van der Waals surface area (Å²) in [4.78, 5) is 12.9. The Bertz CT molecular complexity index is 416. The van der Waals surface area contributed by atoms with E-state index in [4.69, 9.17) is 5.11 Å². The number of hydrogen-bond donors (Lipinski definition) is 1. The highest BCUT2D eigenvalue weighted by molar-refractivity contribution is 5.73. The summed E-state index contributed by atoms with van der Waals surface area (Å²) in [6.45, 7) is 0. The molecule has 0 saturated carbocycles. The average Bonchev–Trinajstić information content (AvgIpc) is 2.15. The molecule has 0 radical (unpaired) electrons. The summed E-state index contributed by atoms with van der Waals surface area (Å²) in [5.74, 6) is -1.66.